The van der Waals surface area contributed by atoms with Gasteiger partial charge in [0.15, 0.2) is 0 Å². The average molecular weight is 222 g/mol. The third-order valence-corrected chi connectivity index (χ3v) is 2.65. The summed E-state index contributed by atoms with van der Waals surface area (Å²) in [5.41, 5.74) is 3.74. The largest absolute Gasteiger partial charge is 0.478 e. The molecular formula is C12H18N2O2. The van der Waals surface area contributed by atoms with Crippen LogP contribution < -0.4 is 0 Å². The van der Waals surface area contributed by atoms with Crippen LogP contribution in [0.15, 0.2) is 6.08 Å². The van der Waals surface area contributed by atoms with Crippen LogP contribution in [-0.4, -0.2) is 20.9 Å². The van der Waals surface area contributed by atoms with E-state index in [2.05, 4.69) is 5.10 Å². The molecule has 0 fully saturated rings. The zero-order valence-electron chi connectivity index (χ0n) is 10.2. The van der Waals surface area contributed by atoms with Crippen LogP contribution in [-0.2, 0) is 11.8 Å². The van der Waals surface area contributed by atoms with Crippen molar-refractivity contribution in [3.05, 3.63) is 23.0 Å². The van der Waals surface area contributed by atoms with Crippen LogP contribution in [0.3, 0.4) is 0 Å². The standard InChI is InChI=1S/C12H18N2O2/c1-5-6-10(7-11(15)16)12-8(2)13-14(4)9(12)3/h7H,5-6H2,1-4H3,(H,15,16)/b10-7+. The second-order valence-corrected chi connectivity index (χ2v) is 3.93. The van der Waals surface area contributed by atoms with Crippen molar-refractivity contribution in [2.45, 2.75) is 33.6 Å². The lowest BCUT2D eigenvalue weighted by Gasteiger charge is -2.06. The molecule has 0 spiro atoms. The molecular weight excluding hydrogens is 204 g/mol. The van der Waals surface area contributed by atoms with Crippen molar-refractivity contribution < 1.29 is 9.90 Å². The number of aryl methyl sites for hydroxylation is 2. The first-order valence-electron chi connectivity index (χ1n) is 5.41. The maximum Gasteiger partial charge on any atom is 0.328 e. The van der Waals surface area contributed by atoms with E-state index in [4.69, 9.17) is 5.11 Å². The Morgan fingerprint density at radius 1 is 1.50 bits per heavy atom. The summed E-state index contributed by atoms with van der Waals surface area (Å²) in [6.07, 6.45) is 2.98. The maximum atomic E-state index is 10.8. The molecule has 0 aliphatic heterocycles. The minimum atomic E-state index is -0.897. The Bertz CT molecular complexity index is 430. The smallest absolute Gasteiger partial charge is 0.328 e. The molecule has 16 heavy (non-hydrogen) atoms. The fourth-order valence-electron chi connectivity index (χ4n) is 1.93. The highest BCUT2D eigenvalue weighted by Crippen LogP contribution is 2.25. The van der Waals surface area contributed by atoms with E-state index in [0.29, 0.717) is 0 Å². The topological polar surface area (TPSA) is 55.1 Å². The van der Waals surface area contributed by atoms with Crippen LogP contribution >= 0.6 is 0 Å². The van der Waals surface area contributed by atoms with Gasteiger partial charge in [0.05, 0.1) is 5.69 Å². The summed E-state index contributed by atoms with van der Waals surface area (Å²) in [6, 6.07) is 0. The van der Waals surface area contributed by atoms with Gasteiger partial charge in [-0.1, -0.05) is 13.3 Å². The Morgan fingerprint density at radius 2 is 2.12 bits per heavy atom. The summed E-state index contributed by atoms with van der Waals surface area (Å²) in [5, 5.41) is 13.2. The minimum absolute atomic E-state index is 0.764. The quantitative estimate of drug-likeness (QED) is 0.795. The number of aromatic nitrogens is 2. The first-order chi connectivity index (χ1) is 7.47. The van der Waals surface area contributed by atoms with Gasteiger partial charge >= 0.3 is 5.97 Å². The number of carbonyl (C=O) groups is 1. The van der Waals surface area contributed by atoms with Gasteiger partial charge in [0, 0.05) is 24.4 Å². The zero-order chi connectivity index (χ0) is 12.3. The summed E-state index contributed by atoms with van der Waals surface area (Å²) >= 11 is 0. The molecule has 0 atom stereocenters. The predicted octanol–water partition coefficient (Wildman–Crippen LogP) is 2.31. The van der Waals surface area contributed by atoms with Gasteiger partial charge in [-0.05, 0) is 25.8 Å². The monoisotopic (exact) mass is 222 g/mol. The number of allylic oxidation sites excluding steroid dienone is 1. The van der Waals surface area contributed by atoms with Gasteiger partial charge in [0.2, 0.25) is 0 Å². The number of hydrogen-bond acceptors (Lipinski definition) is 2. The number of nitrogens with zero attached hydrogens (tertiary/aromatic N) is 2. The molecule has 1 aromatic heterocycles. The van der Waals surface area contributed by atoms with Crippen molar-refractivity contribution in [2.24, 2.45) is 7.05 Å². The third-order valence-electron chi connectivity index (χ3n) is 2.65. The van der Waals surface area contributed by atoms with Crippen molar-refractivity contribution >= 4 is 11.5 Å². The molecule has 1 rings (SSSR count). The molecule has 0 aliphatic carbocycles. The molecule has 0 radical (unpaired) electrons. The van der Waals surface area contributed by atoms with Crippen molar-refractivity contribution in [3.63, 3.8) is 0 Å². The van der Waals surface area contributed by atoms with E-state index in [1.165, 1.54) is 6.08 Å². The Kier molecular flexibility index (Phi) is 3.88. The summed E-state index contributed by atoms with van der Waals surface area (Å²) in [7, 11) is 1.87. The molecule has 4 heteroatoms. The number of rotatable bonds is 4. The van der Waals surface area contributed by atoms with E-state index in [9.17, 15) is 4.79 Å². The SMILES string of the molecule is CCC/C(=C\C(=O)O)c1c(C)nn(C)c1C. The summed E-state index contributed by atoms with van der Waals surface area (Å²) in [6.45, 7) is 5.91. The second kappa shape index (κ2) is 4.96. The van der Waals surface area contributed by atoms with Crippen molar-refractivity contribution in [2.75, 3.05) is 0 Å². The Labute approximate surface area is 95.6 Å². The van der Waals surface area contributed by atoms with Gasteiger partial charge in [-0.15, -0.1) is 0 Å². The van der Waals surface area contributed by atoms with Gasteiger partial charge in [-0.2, -0.15) is 5.10 Å². The summed E-state index contributed by atoms with van der Waals surface area (Å²) in [5.74, 6) is -0.897. The minimum Gasteiger partial charge on any atom is -0.478 e. The van der Waals surface area contributed by atoms with E-state index in [0.717, 1.165) is 35.4 Å². The molecule has 1 heterocycles. The highest BCUT2D eigenvalue weighted by Gasteiger charge is 2.14. The van der Waals surface area contributed by atoms with Crippen LogP contribution in [0.5, 0.6) is 0 Å². The van der Waals surface area contributed by atoms with Crippen LogP contribution in [0.2, 0.25) is 0 Å². The van der Waals surface area contributed by atoms with E-state index in [1.54, 1.807) is 4.68 Å². The Morgan fingerprint density at radius 3 is 2.50 bits per heavy atom. The van der Waals surface area contributed by atoms with Gasteiger partial charge in [-0.25, -0.2) is 4.79 Å². The average Bonchev–Trinajstić information content (AvgIpc) is 2.40. The molecule has 0 amide bonds. The molecule has 0 aromatic carbocycles. The molecule has 0 unspecified atom stereocenters. The van der Waals surface area contributed by atoms with Gasteiger partial charge in [-0.3, -0.25) is 4.68 Å². The van der Waals surface area contributed by atoms with Gasteiger partial charge < -0.3 is 5.11 Å². The van der Waals surface area contributed by atoms with E-state index in [1.807, 2.05) is 27.8 Å². The number of hydrogen-bond donors (Lipinski definition) is 1. The highest BCUT2D eigenvalue weighted by molar-refractivity contribution is 5.90. The molecule has 0 saturated carbocycles. The Hall–Kier alpha value is -1.58. The molecule has 0 bridgehead atoms. The zero-order valence-corrected chi connectivity index (χ0v) is 10.2. The van der Waals surface area contributed by atoms with E-state index >= 15 is 0 Å². The number of carboxylic acids is 1. The first kappa shape index (κ1) is 12.5. The van der Waals surface area contributed by atoms with Gasteiger partial charge in [0.1, 0.15) is 0 Å². The van der Waals surface area contributed by atoms with Crippen molar-refractivity contribution in [1.29, 1.82) is 0 Å². The van der Waals surface area contributed by atoms with Crippen LogP contribution in [0.4, 0.5) is 0 Å². The second-order valence-electron chi connectivity index (χ2n) is 3.93. The Balaban J connectivity index is 3.26. The lowest BCUT2D eigenvalue weighted by molar-refractivity contribution is -0.131. The highest BCUT2D eigenvalue weighted by atomic mass is 16.4. The van der Waals surface area contributed by atoms with Crippen LogP contribution in [0, 0.1) is 13.8 Å². The fourth-order valence-corrected chi connectivity index (χ4v) is 1.93. The molecule has 0 aliphatic rings. The molecule has 1 aromatic rings. The van der Waals surface area contributed by atoms with Crippen molar-refractivity contribution in [1.82, 2.24) is 9.78 Å². The maximum absolute atomic E-state index is 10.8. The van der Waals surface area contributed by atoms with E-state index in [-0.39, 0.29) is 0 Å². The predicted molar refractivity (Wildman–Crippen MR) is 63.2 cm³/mol. The van der Waals surface area contributed by atoms with Crippen molar-refractivity contribution in [3.8, 4) is 0 Å². The molecule has 88 valence electrons. The molecule has 0 saturated heterocycles. The lowest BCUT2D eigenvalue weighted by atomic mass is 9.99. The first-order valence-corrected chi connectivity index (χ1v) is 5.41. The molecule has 4 nitrogen and oxygen atoms in total. The lowest BCUT2D eigenvalue weighted by Crippen LogP contribution is -1.96. The van der Waals surface area contributed by atoms with Crippen LogP contribution in [0.1, 0.15) is 36.7 Å². The van der Waals surface area contributed by atoms with Gasteiger partial charge in [0.25, 0.3) is 0 Å². The summed E-state index contributed by atoms with van der Waals surface area (Å²) < 4.78 is 1.79. The number of carboxylic acid groups (broad SMARTS) is 1. The fraction of sp³-hybridized carbons (Fsp3) is 0.500. The normalized spacial score (nSPS) is 11.9. The van der Waals surface area contributed by atoms with E-state index < -0.39 is 5.97 Å². The third kappa shape index (κ3) is 2.51. The molecule has 1 N–H and O–H groups in total. The van der Waals surface area contributed by atoms with Crippen LogP contribution in [0.25, 0.3) is 5.57 Å². The summed E-state index contributed by atoms with van der Waals surface area (Å²) in [4.78, 5) is 10.8. The number of aliphatic carboxylic acids is 1.